The van der Waals surface area contributed by atoms with Gasteiger partial charge < -0.3 is 10.6 Å². The van der Waals surface area contributed by atoms with Crippen LogP contribution in [0.3, 0.4) is 0 Å². The van der Waals surface area contributed by atoms with Gasteiger partial charge in [-0.3, -0.25) is 0 Å². The monoisotopic (exact) mass is 212 g/mol. The molecule has 0 aliphatic rings. The van der Waals surface area contributed by atoms with E-state index in [9.17, 15) is 10.1 Å². The molecule has 1 unspecified atom stereocenters. The predicted molar refractivity (Wildman–Crippen MR) is 35.8 cm³/mol. The summed E-state index contributed by atoms with van der Waals surface area (Å²) in [6.45, 7) is 3.74. The molecule has 62 valence electrons. The minimum Gasteiger partial charge on any atom is -0.326 e. The van der Waals surface area contributed by atoms with Gasteiger partial charge in [0.25, 0.3) is 5.09 Å². The molecule has 2 N–H and O–H groups in total. The van der Waals surface area contributed by atoms with Gasteiger partial charge in [-0.1, -0.05) is 13.8 Å². The van der Waals surface area contributed by atoms with Gasteiger partial charge in [0.05, 0.1) is 0 Å². The van der Waals surface area contributed by atoms with E-state index in [0.717, 1.165) is 0 Å². The van der Waals surface area contributed by atoms with Crippen LogP contribution in [0.1, 0.15) is 13.8 Å². The molecular formula is C5H12N2O3Zn. The van der Waals surface area contributed by atoms with Crippen LogP contribution in [0.25, 0.3) is 0 Å². The Bertz CT molecular complexity index is 120. The van der Waals surface area contributed by atoms with E-state index in [1.807, 2.05) is 13.8 Å². The van der Waals surface area contributed by atoms with Gasteiger partial charge in [0, 0.05) is 25.5 Å². The predicted octanol–water partition coefficient (Wildman–Crippen LogP) is 0.176. The molecule has 0 amide bonds. The van der Waals surface area contributed by atoms with Crippen molar-refractivity contribution in [1.29, 1.82) is 0 Å². The molecule has 0 bridgehead atoms. The van der Waals surface area contributed by atoms with Gasteiger partial charge in [0.1, 0.15) is 6.61 Å². The minimum atomic E-state index is -0.831. The van der Waals surface area contributed by atoms with Gasteiger partial charge in [-0.15, -0.1) is 10.1 Å². The number of rotatable bonds is 4. The minimum absolute atomic E-state index is 0. The Morgan fingerprint density at radius 1 is 1.64 bits per heavy atom. The Labute approximate surface area is 78.1 Å². The van der Waals surface area contributed by atoms with Gasteiger partial charge in [0.15, 0.2) is 0 Å². The number of hydrogen-bond donors (Lipinski definition) is 1. The van der Waals surface area contributed by atoms with Crippen LogP contribution in [-0.2, 0) is 24.3 Å². The van der Waals surface area contributed by atoms with Crippen molar-refractivity contribution in [2.75, 3.05) is 6.61 Å². The summed E-state index contributed by atoms with van der Waals surface area (Å²) in [5.74, 6) is 0.208. The topological polar surface area (TPSA) is 78.4 Å². The summed E-state index contributed by atoms with van der Waals surface area (Å²) < 4.78 is 0. The molecule has 0 rings (SSSR count). The Balaban J connectivity index is 0. The molecule has 0 aliphatic carbocycles. The quantitative estimate of drug-likeness (QED) is 0.410. The first-order valence-corrected chi connectivity index (χ1v) is 3.07. The molecule has 5 nitrogen and oxygen atoms in total. The van der Waals surface area contributed by atoms with Gasteiger partial charge in [0.2, 0.25) is 0 Å². The van der Waals surface area contributed by atoms with Gasteiger partial charge >= 0.3 is 0 Å². The molecule has 0 saturated carbocycles. The molecule has 0 aliphatic heterocycles. The van der Waals surface area contributed by atoms with Crippen molar-refractivity contribution in [3.05, 3.63) is 10.1 Å². The summed E-state index contributed by atoms with van der Waals surface area (Å²) in [6.07, 6.45) is 0. The van der Waals surface area contributed by atoms with Crippen molar-refractivity contribution in [3.8, 4) is 0 Å². The third-order valence-electron chi connectivity index (χ3n) is 1.23. The standard InChI is InChI=1S/C5H12N2O3.Zn/c1-4(2)5(6)3-10-7(8)9;/h4-5H,3,6H2,1-2H3;. The van der Waals surface area contributed by atoms with Gasteiger partial charge in [-0.25, -0.2) is 0 Å². The molecule has 0 aromatic rings. The van der Waals surface area contributed by atoms with E-state index >= 15 is 0 Å². The van der Waals surface area contributed by atoms with Crippen LogP contribution in [0, 0.1) is 16.0 Å². The smallest absolute Gasteiger partial charge is 0.294 e. The third kappa shape index (κ3) is 7.68. The first kappa shape index (κ1) is 13.4. The summed E-state index contributed by atoms with van der Waals surface area (Å²) in [7, 11) is 0. The Kier molecular flexibility index (Phi) is 7.89. The molecule has 0 saturated heterocycles. The van der Waals surface area contributed by atoms with Crippen LogP contribution in [0.5, 0.6) is 0 Å². The third-order valence-corrected chi connectivity index (χ3v) is 1.23. The molecule has 0 radical (unpaired) electrons. The fraction of sp³-hybridized carbons (Fsp3) is 1.00. The van der Waals surface area contributed by atoms with Crippen molar-refractivity contribution >= 4 is 0 Å². The SMILES string of the molecule is CC(C)C(N)CO[N+](=O)[O-].[Zn]. The van der Waals surface area contributed by atoms with Crippen LogP contribution in [0.15, 0.2) is 0 Å². The zero-order chi connectivity index (χ0) is 8.15. The van der Waals surface area contributed by atoms with Crippen LogP contribution in [-0.4, -0.2) is 17.7 Å². The number of nitrogens with two attached hydrogens (primary N) is 1. The second-order valence-electron chi connectivity index (χ2n) is 2.43. The molecule has 0 heterocycles. The maximum absolute atomic E-state index is 9.65. The summed E-state index contributed by atoms with van der Waals surface area (Å²) in [5.41, 5.74) is 5.44. The first-order valence-electron chi connectivity index (χ1n) is 3.07. The van der Waals surface area contributed by atoms with E-state index < -0.39 is 5.09 Å². The van der Waals surface area contributed by atoms with Crippen LogP contribution in [0.2, 0.25) is 0 Å². The van der Waals surface area contributed by atoms with Gasteiger partial charge in [-0.05, 0) is 5.92 Å². The maximum atomic E-state index is 9.65. The average molecular weight is 214 g/mol. The normalized spacial score (nSPS) is 12.0. The Morgan fingerprint density at radius 2 is 2.09 bits per heavy atom. The Hall–Kier alpha value is -0.217. The van der Waals surface area contributed by atoms with E-state index in [2.05, 4.69) is 4.84 Å². The zero-order valence-corrected chi connectivity index (χ0v) is 9.79. The van der Waals surface area contributed by atoms with Crippen molar-refractivity contribution in [1.82, 2.24) is 0 Å². The molecule has 0 aromatic carbocycles. The largest absolute Gasteiger partial charge is 0.326 e. The average Bonchev–Trinajstić information content (AvgIpc) is 1.82. The van der Waals surface area contributed by atoms with Crippen molar-refractivity contribution in [3.63, 3.8) is 0 Å². The molecule has 11 heavy (non-hydrogen) atoms. The number of hydrogen-bond acceptors (Lipinski definition) is 4. The fourth-order valence-corrected chi connectivity index (χ4v) is 0.339. The van der Waals surface area contributed by atoms with Crippen molar-refractivity contribution in [2.45, 2.75) is 19.9 Å². The van der Waals surface area contributed by atoms with E-state index in [1.54, 1.807) is 0 Å². The molecule has 0 spiro atoms. The zero-order valence-electron chi connectivity index (χ0n) is 6.82. The summed E-state index contributed by atoms with van der Waals surface area (Å²) >= 11 is 0. The summed E-state index contributed by atoms with van der Waals surface area (Å²) in [4.78, 5) is 13.7. The Morgan fingerprint density at radius 3 is 2.36 bits per heavy atom. The van der Waals surface area contributed by atoms with Crippen LogP contribution >= 0.6 is 0 Å². The first-order chi connectivity index (χ1) is 4.54. The second-order valence-corrected chi connectivity index (χ2v) is 2.43. The summed E-state index contributed by atoms with van der Waals surface area (Å²) in [5, 5.41) is 8.82. The van der Waals surface area contributed by atoms with E-state index in [1.165, 1.54) is 0 Å². The summed E-state index contributed by atoms with van der Waals surface area (Å²) in [6, 6.07) is -0.259. The van der Waals surface area contributed by atoms with Crippen LogP contribution in [0.4, 0.5) is 0 Å². The molecular weight excluding hydrogens is 201 g/mol. The molecule has 1 atom stereocenters. The van der Waals surface area contributed by atoms with E-state index in [0.29, 0.717) is 0 Å². The molecule has 6 heteroatoms. The molecule has 0 fully saturated rings. The van der Waals surface area contributed by atoms with Gasteiger partial charge in [-0.2, -0.15) is 0 Å². The fourth-order valence-electron chi connectivity index (χ4n) is 0.339. The number of nitrogens with zero attached hydrogens (tertiary/aromatic N) is 1. The van der Waals surface area contributed by atoms with E-state index in [4.69, 9.17) is 5.73 Å². The second kappa shape index (κ2) is 6.49. The van der Waals surface area contributed by atoms with Crippen molar-refractivity contribution < 1.29 is 29.4 Å². The molecule has 0 aromatic heterocycles. The maximum Gasteiger partial charge on any atom is 0.294 e. The van der Waals surface area contributed by atoms with Crippen LogP contribution < -0.4 is 5.73 Å². The van der Waals surface area contributed by atoms with E-state index in [-0.39, 0.29) is 38.0 Å². The van der Waals surface area contributed by atoms with Crippen molar-refractivity contribution in [2.24, 2.45) is 11.7 Å².